The molecule has 0 aliphatic heterocycles. The summed E-state index contributed by atoms with van der Waals surface area (Å²) in [4.78, 5) is 24.5. The second kappa shape index (κ2) is 10.0. The molecule has 2 N–H and O–H groups in total. The second-order valence-electron chi connectivity index (χ2n) is 8.78. The van der Waals surface area contributed by atoms with Crippen molar-refractivity contribution in [3.8, 4) is 22.3 Å². The molecule has 0 bridgehead atoms. The van der Waals surface area contributed by atoms with Gasteiger partial charge in [0.1, 0.15) is 18.5 Å². The third-order valence-corrected chi connectivity index (χ3v) is 6.46. The first-order valence-electron chi connectivity index (χ1n) is 11.7. The van der Waals surface area contributed by atoms with Gasteiger partial charge in [-0.2, -0.15) is 0 Å². The summed E-state index contributed by atoms with van der Waals surface area (Å²) in [7, 11) is 0. The van der Waals surface area contributed by atoms with Gasteiger partial charge in [0.25, 0.3) is 0 Å². The van der Waals surface area contributed by atoms with Crippen LogP contribution in [0.2, 0.25) is 0 Å². The zero-order chi connectivity index (χ0) is 25.1. The summed E-state index contributed by atoms with van der Waals surface area (Å²) in [6.07, 6.45) is -0.728. The lowest BCUT2D eigenvalue weighted by atomic mass is 9.98. The maximum absolute atomic E-state index is 13.6. The van der Waals surface area contributed by atoms with Crippen molar-refractivity contribution in [3.05, 3.63) is 120 Å². The van der Waals surface area contributed by atoms with Crippen LogP contribution in [0.15, 0.2) is 97.1 Å². The Labute approximate surface area is 208 Å². The van der Waals surface area contributed by atoms with Crippen LogP contribution >= 0.6 is 0 Å². The zero-order valence-corrected chi connectivity index (χ0v) is 19.4. The predicted octanol–water partition coefficient (Wildman–Crippen LogP) is 6.03. The van der Waals surface area contributed by atoms with Crippen LogP contribution in [-0.2, 0) is 16.0 Å². The van der Waals surface area contributed by atoms with Gasteiger partial charge in [-0.15, -0.1) is 0 Å². The number of alkyl carbamates (subject to hydrolysis) is 1. The largest absolute Gasteiger partial charge is 0.480 e. The Morgan fingerprint density at radius 3 is 2.08 bits per heavy atom. The molecule has 4 aromatic rings. The van der Waals surface area contributed by atoms with Gasteiger partial charge in [-0.05, 0) is 51.1 Å². The van der Waals surface area contributed by atoms with Crippen LogP contribution in [-0.4, -0.2) is 29.8 Å². The van der Waals surface area contributed by atoms with Crippen LogP contribution in [0.25, 0.3) is 22.3 Å². The van der Waals surface area contributed by atoms with E-state index in [-0.39, 0.29) is 24.8 Å². The van der Waals surface area contributed by atoms with E-state index in [2.05, 4.69) is 5.32 Å². The van der Waals surface area contributed by atoms with Crippen LogP contribution in [0, 0.1) is 5.82 Å². The van der Waals surface area contributed by atoms with Crippen molar-refractivity contribution in [2.75, 3.05) is 6.61 Å². The van der Waals surface area contributed by atoms with Gasteiger partial charge in [-0.3, -0.25) is 0 Å². The highest BCUT2D eigenvalue weighted by Gasteiger charge is 2.29. The van der Waals surface area contributed by atoms with Crippen LogP contribution in [0.1, 0.15) is 22.6 Å². The molecule has 1 unspecified atom stereocenters. The predicted molar refractivity (Wildman–Crippen MR) is 135 cm³/mol. The minimum atomic E-state index is -1.18. The topological polar surface area (TPSA) is 75.6 Å². The first-order valence-corrected chi connectivity index (χ1v) is 11.7. The molecular formula is C30H24FNO4. The molecule has 0 spiro atoms. The Kier molecular flexibility index (Phi) is 6.50. The number of halogens is 1. The molecule has 1 amide bonds. The number of nitrogens with one attached hydrogen (secondary N) is 1. The summed E-state index contributed by atoms with van der Waals surface area (Å²) < 4.78 is 19.1. The minimum absolute atomic E-state index is 0.0582. The smallest absolute Gasteiger partial charge is 0.407 e. The van der Waals surface area contributed by atoms with Gasteiger partial charge >= 0.3 is 12.1 Å². The van der Waals surface area contributed by atoms with E-state index in [1.165, 1.54) is 12.1 Å². The van der Waals surface area contributed by atoms with E-state index in [4.69, 9.17) is 4.74 Å². The molecule has 0 fully saturated rings. The Morgan fingerprint density at radius 2 is 1.44 bits per heavy atom. The molecule has 0 radical (unpaired) electrons. The Morgan fingerprint density at radius 1 is 0.833 bits per heavy atom. The van der Waals surface area contributed by atoms with Crippen molar-refractivity contribution in [2.45, 2.75) is 18.4 Å². The number of carboxylic acids is 1. The van der Waals surface area contributed by atoms with Crippen molar-refractivity contribution >= 4 is 12.1 Å². The summed E-state index contributed by atoms with van der Waals surface area (Å²) >= 11 is 0. The lowest BCUT2D eigenvalue weighted by molar-refractivity contribution is -0.139. The van der Waals surface area contributed by atoms with E-state index >= 15 is 0 Å². The minimum Gasteiger partial charge on any atom is -0.480 e. The third-order valence-electron chi connectivity index (χ3n) is 6.46. The van der Waals surface area contributed by atoms with Crippen molar-refractivity contribution in [2.24, 2.45) is 0 Å². The lowest BCUT2D eigenvalue weighted by Crippen LogP contribution is -2.42. The molecule has 1 atom stereocenters. The van der Waals surface area contributed by atoms with E-state index in [0.29, 0.717) is 11.1 Å². The number of carbonyl (C=O) groups is 2. The fourth-order valence-electron chi connectivity index (χ4n) is 4.76. The highest BCUT2D eigenvalue weighted by molar-refractivity contribution is 5.81. The average Bonchev–Trinajstić information content (AvgIpc) is 3.21. The van der Waals surface area contributed by atoms with Gasteiger partial charge in [0.2, 0.25) is 0 Å². The number of aliphatic carboxylic acids is 1. The van der Waals surface area contributed by atoms with E-state index in [0.717, 1.165) is 27.8 Å². The maximum Gasteiger partial charge on any atom is 0.407 e. The van der Waals surface area contributed by atoms with Crippen molar-refractivity contribution in [3.63, 3.8) is 0 Å². The van der Waals surface area contributed by atoms with E-state index < -0.39 is 18.1 Å². The first-order chi connectivity index (χ1) is 17.5. The normalized spacial score (nSPS) is 12.9. The fraction of sp³-hybridized carbons (Fsp3) is 0.133. The van der Waals surface area contributed by atoms with Crippen LogP contribution in [0.4, 0.5) is 9.18 Å². The van der Waals surface area contributed by atoms with E-state index in [9.17, 15) is 19.1 Å². The zero-order valence-electron chi connectivity index (χ0n) is 19.4. The molecule has 0 heterocycles. The van der Waals surface area contributed by atoms with Gasteiger partial charge in [-0.25, -0.2) is 14.0 Å². The molecule has 36 heavy (non-hydrogen) atoms. The summed E-state index contributed by atoms with van der Waals surface area (Å²) in [6, 6.07) is 28.2. The van der Waals surface area contributed by atoms with Crippen LogP contribution in [0.5, 0.6) is 0 Å². The van der Waals surface area contributed by atoms with Crippen LogP contribution in [0.3, 0.4) is 0 Å². The van der Waals surface area contributed by atoms with Crippen molar-refractivity contribution < 1.29 is 23.8 Å². The third kappa shape index (κ3) is 4.84. The summed E-state index contributed by atoms with van der Waals surface area (Å²) in [5.41, 5.74) is 6.53. The summed E-state index contributed by atoms with van der Waals surface area (Å²) in [6.45, 7) is 0.0985. The second-order valence-corrected chi connectivity index (χ2v) is 8.78. The van der Waals surface area contributed by atoms with Crippen LogP contribution < -0.4 is 5.32 Å². The van der Waals surface area contributed by atoms with Gasteiger partial charge in [0.15, 0.2) is 0 Å². The van der Waals surface area contributed by atoms with E-state index in [1.807, 2.05) is 54.6 Å². The molecule has 0 saturated heterocycles. The molecule has 1 aliphatic carbocycles. The maximum atomic E-state index is 13.6. The number of hydrogen-bond donors (Lipinski definition) is 2. The van der Waals surface area contributed by atoms with Gasteiger partial charge in [0, 0.05) is 12.3 Å². The summed E-state index contributed by atoms with van der Waals surface area (Å²) in [5.74, 6) is -1.63. The Hall–Kier alpha value is -4.45. The first kappa shape index (κ1) is 23.3. The van der Waals surface area contributed by atoms with Gasteiger partial charge in [0.05, 0.1) is 0 Å². The number of carbonyl (C=O) groups excluding carboxylic acids is 1. The quantitative estimate of drug-likeness (QED) is 0.338. The SMILES string of the molecule is O=C(NC(Cc1cccc(-c2cccc(F)c2)c1)C(=O)O)OCC1c2ccccc2-c2ccccc21. The average molecular weight is 482 g/mol. The van der Waals surface area contributed by atoms with Crippen molar-refractivity contribution in [1.82, 2.24) is 5.32 Å². The Balaban J connectivity index is 1.26. The number of hydrogen-bond acceptors (Lipinski definition) is 3. The molecule has 5 rings (SSSR count). The number of carboxylic acid groups (broad SMARTS) is 1. The fourth-order valence-corrected chi connectivity index (χ4v) is 4.76. The molecule has 0 saturated carbocycles. The van der Waals surface area contributed by atoms with Gasteiger partial charge < -0.3 is 15.2 Å². The van der Waals surface area contributed by atoms with Gasteiger partial charge in [-0.1, -0.05) is 84.9 Å². The molecule has 4 aromatic carbocycles. The molecule has 6 heteroatoms. The molecule has 0 aromatic heterocycles. The highest BCUT2D eigenvalue weighted by atomic mass is 19.1. The molecule has 1 aliphatic rings. The highest BCUT2D eigenvalue weighted by Crippen LogP contribution is 2.44. The number of benzene rings is 4. The number of amides is 1. The lowest BCUT2D eigenvalue weighted by Gasteiger charge is -2.18. The number of fused-ring (bicyclic) bond motifs is 3. The number of ether oxygens (including phenoxy) is 1. The molecule has 5 nitrogen and oxygen atoms in total. The monoisotopic (exact) mass is 481 g/mol. The van der Waals surface area contributed by atoms with Crippen molar-refractivity contribution in [1.29, 1.82) is 0 Å². The standard InChI is InChI=1S/C30H24FNO4/c31-22-10-6-9-21(17-22)20-8-5-7-19(15-20)16-28(29(33)34)32-30(35)36-18-27-25-13-3-1-11-23(25)24-12-2-4-14-26(24)27/h1-15,17,27-28H,16,18H2,(H,32,35)(H,33,34). The Bertz CT molecular complexity index is 1390. The van der Waals surface area contributed by atoms with E-state index in [1.54, 1.807) is 30.3 Å². The number of rotatable bonds is 7. The molecular weight excluding hydrogens is 457 g/mol. The summed E-state index contributed by atoms with van der Waals surface area (Å²) in [5, 5.41) is 12.2. The molecule has 180 valence electrons.